The van der Waals surface area contributed by atoms with Crippen LogP contribution in [0.25, 0.3) is 0 Å². The van der Waals surface area contributed by atoms with Gasteiger partial charge in [0, 0.05) is 12.0 Å². The van der Waals surface area contributed by atoms with Gasteiger partial charge in [-0.05, 0) is 36.1 Å². The summed E-state index contributed by atoms with van der Waals surface area (Å²) in [4.78, 5) is 17.5. The standard InChI is InChI=1S/C24H26N4O2/c25-16-26-24(27-19-12-5-2-6-13-19)30-21-15-18-11-7-8-14-20(18)22(21)28-23(29)17-9-3-1-4-10-17/h1,3-4,7-11,14,19,21-22H,2,5-6,12-13,15H2,(H,26,27)(H,28,29)/t21-,22+/m1/s1. The van der Waals surface area contributed by atoms with Crippen molar-refractivity contribution in [2.75, 3.05) is 0 Å². The topological polar surface area (TPSA) is 86.5 Å². The number of hydrogen-bond acceptors (Lipinski definition) is 4. The van der Waals surface area contributed by atoms with Crippen molar-refractivity contribution < 1.29 is 9.53 Å². The second kappa shape index (κ2) is 9.45. The van der Waals surface area contributed by atoms with Gasteiger partial charge in [0.15, 0.2) is 6.19 Å². The van der Waals surface area contributed by atoms with Crippen molar-refractivity contribution in [3.63, 3.8) is 0 Å². The van der Waals surface area contributed by atoms with E-state index < -0.39 is 0 Å². The van der Waals surface area contributed by atoms with E-state index in [4.69, 9.17) is 4.74 Å². The quantitative estimate of drug-likeness (QED) is 0.352. The van der Waals surface area contributed by atoms with E-state index in [0.717, 1.165) is 36.8 Å². The smallest absolute Gasteiger partial charge is 0.298 e. The molecule has 1 saturated carbocycles. The van der Waals surface area contributed by atoms with Crippen LogP contribution in [0.3, 0.4) is 0 Å². The molecule has 0 unspecified atom stereocenters. The number of benzene rings is 2. The minimum absolute atomic E-state index is 0.148. The van der Waals surface area contributed by atoms with Crippen LogP contribution < -0.4 is 10.6 Å². The van der Waals surface area contributed by atoms with E-state index in [-0.39, 0.29) is 30.1 Å². The van der Waals surface area contributed by atoms with Gasteiger partial charge in [0.05, 0.1) is 12.1 Å². The molecule has 0 aromatic heterocycles. The fraction of sp³-hybridized carbons (Fsp3) is 0.375. The zero-order valence-electron chi connectivity index (χ0n) is 16.9. The molecule has 30 heavy (non-hydrogen) atoms. The van der Waals surface area contributed by atoms with E-state index in [1.807, 2.05) is 42.6 Å². The summed E-state index contributed by atoms with van der Waals surface area (Å²) in [6.45, 7) is 0. The van der Waals surface area contributed by atoms with Gasteiger partial charge < -0.3 is 10.1 Å². The molecule has 2 aliphatic carbocycles. The van der Waals surface area contributed by atoms with Gasteiger partial charge in [0.1, 0.15) is 6.10 Å². The van der Waals surface area contributed by atoms with Crippen LogP contribution in [0.15, 0.2) is 59.6 Å². The number of hydrogen-bond donors (Lipinski definition) is 2. The SMILES string of the molecule is N#CNC(=NC1CCCCC1)O[C@@H]1Cc2ccccc2[C@@H]1NC(=O)c1ccccc1. The summed E-state index contributed by atoms with van der Waals surface area (Å²) in [7, 11) is 0. The van der Waals surface area contributed by atoms with E-state index in [1.165, 1.54) is 6.42 Å². The highest BCUT2D eigenvalue weighted by molar-refractivity contribution is 5.94. The fourth-order valence-corrected chi connectivity index (χ4v) is 4.31. The van der Waals surface area contributed by atoms with Crippen LogP contribution in [0, 0.1) is 11.5 Å². The molecule has 6 heteroatoms. The number of nitrogens with one attached hydrogen (secondary N) is 2. The summed E-state index contributed by atoms with van der Waals surface area (Å²) in [5.41, 5.74) is 2.78. The highest BCUT2D eigenvalue weighted by atomic mass is 16.5. The lowest BCUT2D eigenvalue weighted by Gasteiger charge is -2.24. The van der Waals surface area contributed by atoms with E-state index in [0.29, 0.717) is 12.0 Å². The average Bonchev–Trinajstić information content (AvgIpc) is 3.12. The predicted molar refractivity (Wildman–Crippen MR) is 115 cm³/mol. The molecule has 6 nitrogen and oxygen atoms in total. The minimum atomic E-state index is -0.335. The number of carbonyl (C=O) groups is 1. The molecular weight excluding hydrogens is 376 g/mol. The summed E-state index contributed by atoms with van der Waals surface area (Å²) < 4.78 is 6.19. The van der Waals surface area contributed by atoms with E-state index >= 15 is 0 Å². The van der Waals surface area contributed by atoms with Crippen LogP contribution in [0.5, 0.6) is 0 Å². The number of carbonyl (C=O) groups excluding carboxylic acids is 1. The van der Waals surface area contributed by atoms with Crippen molar-refractivity contribution in [1.29, 1.82) is 5.26 Å². The van der Waals surface area contributed by atoms with Crippen molar-refractivity contribution >= 4 is 11.9 Å². The predicted octanol–water partition coefficient (Wildman–Crippen LogP) is 3.86. The van der Waals surface area contributed by atoms with E-state index in [2.05, 4.69) is 21.7 Å². The van der Waals surface area contributed by atoms with Crippen LogP contribution >= 0.6 is 0 Å². The summed E-state index contributed by atoms with van der Waals surface area (Å²) in [5.74, 6) is -0.148. The number of ether oxygens (including phenoxy) is 1. The monoisotopic (exact) mass is 402 g/mol. The molecular formula is C24H26N4O2. The molecule has 1 amide bonds. The van der Waals surface area contributed by atoms with Crippen LogP contribution in [0.4, 0.5) is 0 Å². The number of fused-ring (bicyclic) bond motifs is 1. The molecule has 0 spiro atoms. The van der Waals surface area contributed by atoms with Crippen molar-refractivity contribution in [2.24, 2.45) is 4.99 Å². The van der Waals surface area contributed by atoms with Gasteiger partial charge in [-0.1, -0.05) is 61.7 Å². The lowest BCUT2D eigenvalue weighted by Crippen LogP contribution is -2.38. The molecule has 4 rings (SSSR count). The Morgan fingerprint density at radius 1 is 1.03 bits per heavy atom. The van der Waals surface area contributed by atoms with Crippen molar-refractivity contribution in [3.8, 4) is 6.19 Å². The Bertz CT molecular complexity index is 945. The van der Waals surface area contributed by atoms with Gasteiger partial charge >= 0.3 is 0 Å². The zero-order valence-corrected chi connectivity index (χ0v) is 16.9. The third-order valence-electron chi connectivity index (χ3n) is 5.81. The Morgan fingerprint density at radius 3 is 2.53 bits per heavy atom. The summed E-state index contributed by atoms with van der Waals surface area (Å²) >= 11 is 0. The minimum Gasteiger partial charge on any atom is -0.458 e. The first-order valence-corrected chi connectivity index (χ1v) is 10.6. The first-order valence-electron chi connectivity index (χ1n) is 10.6. The zero-order chi connectivity index (χ0) is 20.8. The molecule has 1 fully saturated rings. The Balaban J connectivity index is 1.55. The van der Waals surface area contributed by atoms with E-state index in [1.54, 1.807) is 12.1 Å². The van der Waals surface area contributed by atoms with Crippen molar-refractivity contribution in [2.45, 2.75) is 56.7 Å². The molecule has 154 valence electrons. The first kappa shape index (κ1) is 20.0. The van der Waals surface area contributed by atoms with Crippen LogP contribution in [0.1, 0.15) is 59.6 Å². The molecule has 0 saturated heterocycles. The van der Waals surface area contributed by atoms with Crippen molar-refractivity contribution in [3.05, 3.63) is 71.3 Å². The van der Waals surface area contributed by atoms with Gasteiger partial charge in [-0.3, -0.25) is 4.79 Å². The molecule has 0 radical (unpaired) electrons. The van der Waals surface area contributed by atoms with Crippen LogP contribution in [-0.4, -0.2) is 24.1 Å². The highest BCUT2D eigenvalue weighted by Gasteiger charge is 2.36. The highest BCUT2D eigenvalue weighted by Crippen LogP contribution is 2.34. The van der Waals surface area contributed by atoms with Gasteiger partial charge in [0.25, 0.3) is 11.9 Å². The number of aliphatic imine (C=N–C) groups is 1. The third kappa shape index (κ3) is 4.62. The number of nitriles is 1. The molecule has 2 aliphatic rings. The molecule has 0 aliphatic heterocycles. The summed E-state index contributed by atoms with van der Waals surface area (Å²) in [6.07, 6.45) is 7.82. The second-order valence-corrected chi connectivity index (χ2v) is 7.84. The Kier molecular flexibility index (Phi) is 6.29. The lowest BCUT2D eigenvalue weighted by atomic mass is 9.96. The largest absolute Gasteiger partial charge is 0.458 e. The summed E-state index contributed by atoms with van der Waals surface area (Å²) in [5, 5.41) is 14.9. The molecule has 2 aromatic carbocycles. The number of rotatable bonds is 4. The van der Waals surface area contributed by atoms with Gasteiger partial charge in [-0.2, -0.15) is 5.26 Å². The van der Waals surface area contributed by atoms with Gasteiger partial charge in [-0.15, -0.1) is 0 Å². The summed E-state index contributed by atoms with van der Waals surface area (Å²) in [6, 6.07) is 17.3. The molecule has 2 N–H and O–H groups in total. The van der Waals surface area contributed by atoms with Crippen LogP contribution in [-0.2, 0) is 11.2 Å². The molecule has 2 atom stereocenters. The number of amidine groups is 1. The third-order valence-corrected chi connectivity index (χ3v) is 5.81. The first-order chi connectivity index (χ1) is 14.7. The average molecular weight is 402 g/mol. The Labute approximate surface area is 177 Å². The maximum Gasteiger partial charge on any atom is 0.298 e. The molecule has 2 aromatic rings. The molecule has 0 heterocycles. The fourth-order valence-electron chi connectivity index (χ4n) is 4.31. The Morgan fingerprint density at radius 2 is 1.77 bits per heavy atom. The van der Waals surface area contributed by atoms with Crippen LogP contribution in [0.2, 0.25) is 0 Å². The van der Waals surface area contributed by atoms with Gasteiger partial charge in [0.2, 0.25) is 0 Å². The normalized spacial score (nSPS) is 21.4. The number of amides is 1. The van der Waals surface area contributed by atoms with Crippen molar-refractivity contribution in [1.82, 2.24) is 10.6 Å². The van der Waals surface area contributed by atoms with E-state index in [9.17, 15) is 10.1 Å². The second-order valence-electron chi connectivity index (χ2n) is 7.84. The lowest BCUT2D eigenvalue weighted by molar-refractivity contribution is 0.0867. The number of nitrogens with zero attached hydrogens (tertiary/aromatic N) is 2. The Hall–Kier alpha value is -3.33. The maximum atomic E-state index is 12.8. The maximum absolute atomic E-state index is 12.8. The van der Waals surface area contributed by atoms with Gasteiger partial charge in [-0.25, -0.2) is 10.3 Å². The molecule has 0 bridgehead atoms.